The molecule has 2 aromatic heterocycles. The maximum Gasteiger partial charge on any atom is 0.271 e. The maximum atomic E-state index is 12.5. The first-order chi connectivity index (χ1) is 14.8. The van der Waals surface area contributed by atoms with Gasteiger partial charge in [0.25, 0.3) is 5.91 Å². The molecular weight excluding hydrogens is 390 g/mol. The van der Waals surface area contributed by atoms with E-state index in [1.54, 1.807) is 13.2 Å². The molecule has 0 unspecified atom stereocenters. The molecule has 31 heavy (non-hydrogen) atoms. The lowest BCUT2D eigenvalue weighted by Crippen LogP contribution is -2.26. The van der Waals surface area contributed by atoms with Gasteiger partial charge in [-0.1, -0.05) is 39.0 Å². The van der Waals surface area contributed by atoms with Crippen LogP contribution in [0.15, 0.2) is 48.9 Å². The summed E-state index contributed by atoms with van der Waals surface area (Å²) < 4.78 is 0. The summed E-state index contributed by atoms with van der Waals surface area (Å²) in [6.07, 6.45) is 4.07. The van der Waals surface area contributed by atoms with Gasteiger partial charge in [-0.3, -0.25) is 4.79 Å². The highest BCUT2D eigenvalue weighted by atomic mass is 16.1. The van der Waals surface area contributed by atoms with Crippen molar-refractivity contribution in [3.05, 3.63) is 71.3 Å². The van der Waals surface area contributed by atoms with Crippen LogP contribution in [0, 0.1) is 5.41 Å². The molecule has 0 bridgehead atoms. The van der Waals surface area contributed by atoms with E-state index in [1.165, 1.54) is 11.9 Å². The fourth-order valence-corrected chi connectivity index (χ4v) is 2.98. The Bertz CT molecular complexity index is 1050. The van der Waals surface area contributed by atoms with Crippen molar-refractivity contribution < 1.29 is 4.79 Å². The van der Waals surface area contributed by atoms with Crippen LogP contribution in [-0.4, -0.2) is 34.1 Å². The Morgan fingerprint density at radius 2 is 1.81 bits per heavy atom. The third-order valence-electron chi connectivity index (χ3n) is 4.78. The zero-order chi connectivity index (χ0) is 22.4. The summed E-state index contributed by atoms with van der Waals surface area (Å²) in [6.45, 7) is 6.85. The van der Waals surface area contributed by atoms with Crippen LogP contribution in [0.25, 0.3) is 0 Å². The van der Waals surface area contributed by atoms with Gasteiger partial charge in [0.15, 0.2) is 0 Å². The number of pyridine rings is 1. The van der Waals surface area contributed by atoms with Gasteiger partial charge in [-0.25, -0.2) is 15.0 Å². The summed E-state index contributed by atoms with van der Waals surface area (Å²) in [5.41, 5.74) is 3.69. The van der Waals surface area contributed by atoms with Crippen LogP contribution in [0.2, 0.25) is 0 Å². The SMILES string of the molecule is CNc1ncnc(C(=O)NCc2ccc(Nc3ccc(C(C)(C)C)cc3)nc2)c1C=N. The van der Waals surface area contributed by atoms with E-state index in [9.17, 15) is 4.79 Å². The number of nitrogens with one attached hydrogen (secondary N) is 4. The third-order valence-corrected chi connectivity index (χ3v) is 4.78. The molecule has 3 aromatic rings. The van der Waals surface area contributed by atoms with Crippen LogP contribution in [0.3, 0.4) is 0 Å². The van der Waals surface area contributed by atoms with Gasteiger partial charge in [-0.15, -0.1) is 0 Å². The predicted octanol–water partition coefficient (Wildman–Crippen LogP) is 3.88. The highest BCUT2D eigenvalue weighted by Gasteiger charge is 2.16. The zero-order valence-electron chi connectivity index (χ0n) is 18.2. The Balaban J connectivity index is 1.61. The molecule has 0 atom stereocenters. The summed E-state index contributed by atoms with van der Waals surface area (Å²) in [5.74, 6) is 0.778. The van der Waals surface area contributed by atoms with E-state index in [0.29, 0.717) is 17.9 Å². The number of rotatable bonds is 7. The predicted molar refractivity (Wildman–Crippen MR) is 123 cm³/mol. The molecule has 0 spiro atoms. The summed E-state index contributed by atoms with van der Waals surface area (Å²) in [6, 6.07) is 12.1. The normalized spacial score (nSPS) is 11.0. The lowest BCUT2D eigenvalue weighted by atomic mass is 9.87. The smallest absolute Gasteiger partial charge is 0.271 e. The summed E-state index contributed by atoms with van der Waals surface area (Å²) >= 11 is 0. The fourth-order valence-electron chi connectivity index (χ4n) is 2.98. The van der Waals surface area contributed by atoms with Gasteiger partial charge in [0.05, 0.1) is 5.56 Å². The van der Waals surface area contributed by atoms with Gasteiger partial charge >= 0.3 is 0 Å². The topological polar surface area (TPSA) is 116 Å². The van der Waals surface area contributed by atoms with Gasteiger partial charge in [-0.05, 0) is 34.7 Å². The standard InChI is InChI=1S/C23H27N7O/c1-23(2,3)16-6-8-17(9-7-16)30-19-10-5-15(12-26-19)13-27-22(31)20-18(11-24)21(25-4)29-14-28-20/h5-12,14,24H,13H2,1-4H3,(H,26,30)(H,27,31)(H,25,28,29). The molecule has 0 radical (unpaired) electrons. The van der Waals surface area contributed by atoms with Crippen molar-refractivity contribution in [2.75, 3.05) is 17.7 Å². The monoisotopic (exact) mass is 417 g/mol. The summed E-state index contributed by atoms with van der Waals surface area (Å²) in [4.78, 5) is 25.0. The molecule has 3 rings (SSSR count). The highest BCUT2D eigenvalue weighted by molar-refractivity contribution is 6.02. The molecule has 1 aromatic carbocycles. The first kappa shape index (κ1) is 21.9. The number of carbonyl (C=O) groups excluding carboxylic acids is 1. The number of hydrogen-bond donors (Lipinski definition) is 4. The van der Waals surface area contributed by atoms with Crippen molar-refractivity contribution in [2.45, 2.75) is 32.7 Å². The number of carbonyl (C=O) groups is 1. The highest BCUT2D eigenvalue weighted by Crippen LogP contribution is 2.24. The average Bonchev–Trinajstić information content (AvgIpc) is 2.77. The lowest BCUT2D eigenvalue weighted by Gasteiger charge is -2.19. The summed E-state index contributed by atoms with van der Waals surface area (Å²) in [5, 5.41) is 16.5. The molecule has 0 saturated heterocycles. The molecule has 8 nitrogen and oxygen atoms in total. The van der Waals surface area contributed by atoms with Crippen LogP contribution in [-0.2, 0) is 12.0 Å². The molecule has 1 amide bonds. The van der Waals surface area contributed by atoms with Crippen molar-refractivity contribution >= 4 is 29.4 Å². The van der Waals surface area contributed by atoms with Crippen LogP contribution < -0.4 is 16.0 Å². The van der Waals surface area contributed by atoms with E-state index in [4.69, 9.17) is 5.41 Å². The molecule has 0 saturated carbocycles. The minimum absolute atomic E-state index is 0.114. The van der Waals surface area contributed by atoms with Crippen molar-refractivity contribution in [1.82, 2.24) is 20.3 Å². The van der Waals surface area contributed by atoms with Crippen molar-refractivity contribution in [2.24, 2.45) is 0 Å². The van der Waals surface area contributed by atoms with Crippen LogP contribution in [0.5, 0.6) is 0 Å². The first-order valence-corrected chi connectivity index (χ1v) is 9.95. The molecule has 0 aliphatic heterocycles. The molecule has 8 heteroatoms. The van der Waals surface area contributed by atoms with Crippen molar-refractivity contribution in [3.63, 3.8) is 0 Å². The molecule has 4 N–H and O–H groups in total. The molecule has 0 aliphatic rings. The zero-order valence-corrected chi connectivity index (χ0v) is 18.2. The number of nitrogens with zero attached hydrogens (tertiary/aromatic N) is 3. The minimum atomic E-state index is -0.376. The number of aromatic nitrogens is 3. The van der Waals surface area contributed by atoms with E-state index in [2.05, 4.69) is 63.8 Å². The Morgan fingerprint density at radius 1 is 1.06 bits per heavy atom. The first-order valence-electron chi connectivity index (χ1n) is 9.95. The lowest BCUT2D eigenvalue weighted by molar-refractivity contribution is 0.0945. The van der Waals surface area contributed by atoms with E-state index in [-0.39, 0.29) is 17.0 Å². The Morgan fingerprint density at radius 3 is 2.39 bits per heavy atom. The molecular formula is C23H27N7O. The van der Waals surface area contributed by atoms with Crippen molar-refractivity contribution in [1.29, 1.82) is 5.41 Å². The molecule has 0 aliphatic carbocycles. The molecule has 160 valence electrons. The number of anilines is 3. The van der Waals surface area contributed by atoms with E-state index >= 15 is 0 Å². The van der Waals surface area contributed by atoms with Crippen LogP contribution >= 0.6 is 0 Å². The van der Waals surface area contributed by atoms with Gasteiger partial charge in [0.2, 0.25) is 0 Å². The quantitative estimate of drug-likeness (QED) is 0.434. The van der Waals surface area contributed by atoms with Gasteiger partial charge < -0.3 is 21.4 Å². The van der Waals surface area contributed by atoms with Crippen LogP contribution in [0.1, 0.15) is 48.0 Å². The van der Waals surface area contributed by atoms with E-state index < -0.39 is 0 Å². The average molecular weight is 418 g/mol. The second-order valence-electron chi connectivity index (χ2n) is 8.07. The Kier molecular flexibility index (Phi) is 6.59. The number of amides is 1. The van der Waals surface area contributed by atoms with E-state index in [0.717, 1.165) is 23.3 Å². The molecule has 2 heterocycles. The number of hydrogen-bond acceptors (Lipinski definition) is 7. The van der Waals surface area contributed by atoms with Gasteiger partial charge in [0.1, 0.15) is 23.7 Å². The second kappa shape index (κ2) is 9.34. The molecule has 0 fully saturated rings. The summed E-state index contributed by atoms with van der Waals surface area (Å²) in [7, 11) is 1.68. The minimum Gasteiger partial charge on any atom is -0.372 e. The number of benzene rings is 1. The maximum absolute atomic E-state index is 12.5. The Hall–Kier alpha value is -3.81. The van der Waals surface area contributed by atoms with Gasteiger partial charge in [-0.2, -0.15) is 0 Å². The fraction of sp³-hybridized carbons (Fsp3) is 0.261. The van der Waals surface area contributed by atoms with Crippen molar-refractivity contribution in [3.8, 4) is 0 Å². The largest absolute Gasteiger partial charge is 0.372 e. The third kappa shape index (κ3) is 5.42. The van der Waals surface area contributed by atoms with E-state index in [1.807, 2.05) is 24.3 Å². The van der Waals surface area contributed by atoms with Gasteiger partial charge in [0, 0.05) is 31.7 Å². The van der Waals surface area contributed by atoms with Crippen LogP contribution in [0.4, 0.5) is 17.3 Å². The second-order valence-corrected chi connectivity index (χ2v) is 8.07. The Labute approximate surface area is 182 Å².